The quantitative estimate of drug-likeness (QED) is 0.815. The molecule has 1 amide bonds. The molecule has 0 unspecified atom stereocenters. The second-order valence-corrected chi connectivity index (χ2v) is 5.97. The van der Waals surface area contributed by atoms with Crippen LogP contribution in [0, 0.1) is 13.8 Å². The van der Waals surface area contributed by atoms with Crippen molar-refractivity contribution in [2.45, 2.75) is 33.6 Å². The highest BCUT2D eigenvalue weighted by molar-refractivity contribution is 6.34. The molecule has 0 heterocycles. The van der Waals surface area contributed by atoms with Gasteiger partial charge in [-0.05, 0) is 62.1 Å². The number of amides is 1. The molecule has 0 radical (unpaired) electrons. The Hall–Kier alpha value is -2.00. The van der Waals surface area contributed by atoms with Crippen molar-refractivity contribution in [2.75, 3.05) is 11.9 Å². The first-order chi connectivity index (χ1) is 11.0. The molecule has 122 valence electrons. The third-order valence-corrected chi connectivity index (χ3v) is 3.87. The zero-order valence-electron chi connectivity index (χ0n) is 13.8. The highest BCUT2D eigenvalue weighted by Crippen LogP contribution is 2.27. The lowest BCUT2D eigenvalue weighted by molar-refractivity contribution is -0.116. The first kappa shape index (κ1) is 17.4. The lowest BCUT2D eigenvalue weighted by Gasteiger charge is -2.11. The van der Waals surface area contributed by atoms with Crippen molar-refractivity contribution in [3.8, 4) is 5.75 Å². The predicted octanol–water partition coefficient (Wildman–Crippen LogP) is 4.93. The number of hydrogen-bond donors (Lipinski definition) is 1. The molecule has 0 spiro atoms. The molecule has 2 aromatic rings. The number of hydrogen-bond acceptors (Lipinski definition) is 2. The van der Waals surface area contributed by atoms with Crippen molar-refractivity contribution < 1.29 is 9.53 Å². The number of carbonyl (C=O) groups excluding carboxylic acids is 1. The summed E-state index contributed by atoms with van der Waals surface area (Å²) in [5.74, 6) is 0.815. The van der Waals surface area contributed by atoms with E-state index >= 15 is 0 Å². The fourth-order valence-corrected chi connectivity index (χ4v) is 2.82. The number of benzene rings is 2. The third kappa shape index (κ3) is 5.00. The molecule has 0 aliphatic rings. The van der Waals surface area contributed by atoms with Crippen LogP contribution in [0.2, 0.25) is 5.02 Å². The first-order valence-electron chi connectivity index (χ1n) is 7.78. The van der Waals surface area contributed by atoms with Gasteiger partial charge in [-0.2, -0.15) is 0 Å². The standard InChI is InChI=1S/C19H22ClNO2/c1-4-23-16-8-5-15(6-9-16)7-10-18(22)21-19-14(3)11-13(2)12-17(19)20/h5-6,8-9,11-12H,4,7,10H2,1-3H3,(H,21,22). The molecule has 0 fully saturated rings. The summed E-state index contributed by atoms with van der Waals surface area (Å²) in [6.45, 7) is 6.53. The van der Waals surface area contributed by atoms with Crippen molar-refractivity contribution in [2.24, 2.45) is 0 Å². The van der Waals surface area contributed by atoms with E-state index in [4.69, 9.17) is 16.3 Å². The Balaban J connectivity index is 1.93. The van der Waals surface area contributed by atoms with E-state index in [0.717, 1.165) is 22.4 Å². The number of rotatable bonds is 6. The molecule has 0 bridgehead atoms. The summed E-state index contributed by atoms with van der Waals surface area (Å²) in [4.78, 5) is 12.2. The SMILES string of the molecule is CCOc1ccc(CCC(=O)Nc2c(C)cc(C)cc2Cl)cc1. The molecule has 0 saturated carbocycles. The van der Waals surface area contributed by atoms with Gasteiger partial charge in [0.15, 0.2) is 0 Å². The van der Waals surface area contributed by atoms with Crippen LogP contribution in [0.25, 0.3) is 0 Å². The minimum atomic E-state index is -0.0345. The van der Waals surface area contributed by atoms with Crippen LogP contribution >= 0.6 is 11.6 Å². The van der Waals surface area contributed by atoms with Crippen LogP contribution in [-0.4, -0.2) is 12.5 Å². The normalized spacial score (nSPS) is 10.4. The number of aryl methyl sites for hydroxylation is 3. The maximum Gasteiger partial charge on any atom is 0.224 e. The molecule has 0 saturated heterocycles. The summed E-state index contributed by atoms with van der Waals surface area (Å²) in [6.07, 6.45) is 1.10. The van der Waals surface area contributed by atoms with Gasteiger partial charge in [0.25, 0.3) is 0 Å². The largest absolute Gasteiger partial charge is 0.494 e. The van der Waals surface area contributed by atoms with Gasteiger partial charge in [0.1, 0.15) is 5.75 Å². The molecule has 0 atom stereocenters. The van der Waals surface area contributed by atoms with Crippen molar-refractivity contribution in [1.82, 2.24) is 0 Å². The van der Waals surface area contributed by atoms with Gasteiger partial charge in [-0.3, -0.25) is 4.79 Å². The maximum absolute atomic E-state index is 12.2. The van der Waals surface area contributed by atoms with Crippen molar-refractivity contribution in [3.05, 3.63) is 58.1 Å². The van der Waals surface area contributed by atoms with Gasteiger partial charge in [-0.25, -0.2) is 0 Å². The minimum absolute atomic E-state index is 0.0345. The second kappa shape index (κ2) is 8.02. The Labute approximate surface area is 142 Å². The highest BCUT2D eigenvalue weighted by atomic mass is 35.5. The van der Waals surface area contributed by atoms with E-state index in [2.05, 4.69) is 5.32 Å². The zero-order valence-corrected chi connectivity index (χ0v) is 14.5. The summed E-state index contributed by atoms with van der Waals surface area (Å²) >= 11 is 6.21. The summed E-state index contributed by atoms with van der Waals surface area (Å²) in [5, 5.41) is 3.49. The lowest BCUT2D eigenvalue weighted by atomic mass is 10.1. The molecule has 2 aromatic carbocycles. The Bertz CT molecular complexity index is 657. The predicted molar refractivity (Wildman–Crippen MR) is 95.5 cm³/mol. The zero-order chi connectivity index (χ0) is 16.8. The van der Waals surface area contributed by atoms with Gasteiger partial charge < -0.3 is 10.1 Å². The van der Waals surface area contributed by atoms with Crippen LogP contribution in [0.15, 0.2) is 36.4 Å². The van der Waals surface area contributed by atoms with Gasteiger partial charge in [-0.1, -0.05) is 29.8 Å². The van der Waals surface area contributed by atoms with Gasteiger partial charge >= 0.3 is 0 Å². The minimum Gasteiger partial charge on any atom is -0.494 e. The van der Waals surface area contributed by atoms with Crippen LogP contribution in [0.3, 0.4) is 0 Å². The average Bonchev–Trinajstić information content (AvgIpc) is 2.50. The van der Waals surface area contributed by atoms with Crippen LogP contribution < -0.4 is 10.1 Å². The molecule has 0 aliphatic carbocycles. The summed E-state index contributed by atoms with van der Waals surface area (Å²) in [5.41, 5.74) is 3.87. The van der Waals surface area contributed by atoms with E-state index in [-0.39, 0.29) is 5.91 Å². The molecule has 0 aliphatic heterocycles. The molecule has 4 heteroatoms. The molecule has 3 nitrogen and oxygen atoms in total. The maximum atomic E-state index is 12.2. The molecular formula is C19H22ClNO2. The molecule has 0 aromatic heterocycles. The number of carbonyl (C=O) groups is 1. The van der Waals surface area contributed by atoms with Crippen LogP contribution in [-0.2, 0) is 11.2 Å². The van der Waals surface area contributed by atoms with E-state index in [1.807, 2.05) is 57.2 Å². The number of ether oxygens (including phenoxy) is 1. The summed E-state index contributed by atoms with van der Waals surface area (Å²) in [7, 11) is 0. The van der Waals surface area contributed by atoms with Gasteiger partial charge in [0.05, 0.1) is 17.3 Å². The van der Waals surface area contributed by atoms with Gasteiger partial charge in [-0.15, -0.1) is 0 Å². The van der Waals surface area contributed by atoms with E-state index in [9.17, 15) is 4.79 Å². The van der Waals surface area contributed by atoms with Crippen molar-refractivity contribution >= 4 is 23.2 Å². The van der Waals surface area contributed by atoms with E-state index in [1.165, 1.54) is 0 Å². The lowest BCUT2D eigenvalue weighted by Crippen LogP contribution is -2.13. The van der Waals surface area contributed by atoms with Gasteiger partial charge in [0.2, 0.25) is 5.91 Å². The molecular weight excluding hydrogens is 310 g/mol. The number of nitrogens with one attached hydrogen (secondary N) is 1. The summed E-state index contributed by atoms with van der Waals surface area (Å²) in [6, 6.07) is 11.7. The molecule has 2 rings (SSSR count). The van der Waals surface area contributed by atoms with Crippen LogP contribution in [0.1, 0.15) is 30.0 Å². The Morgan fingerprint density at radius 3 is 2.48 bits per heavy atom. The van der Waals surface area contributed by atoms with Crippen molar-refractivity contribution in [1.29, 1.82) is 0 Å². The highest BCUT2D eigenvalue weighted by Gasteiger charge is 2.09. The van der Waals surface area contributed by atoms with Crippen LogP contribution in [0.5, 0.6) is 5.75 Å². The van der Waals surface area contributed by atoms with Crippen LogP contribution in [0.4, 0.5) is 5.69 Å². The Morgan fingerprint density at radius 1 is 1.17 bits per heavy atom. The number of anilines is 1. The molecule has 23 heavy (non-hydrogen) atoms. The Kier molecular flexibility index (Phi) is 6.05. The van der Waals surface area contributed by atoms with Gasteiger partial charge in [0, 0.05) is 6.42 Å². The third-order valence-electron chi connectivity index (χ3n) is 3.57. The average molecular weight is 332 g/mol. The monoisotopic (exact) mass is 331 g/mol. The Morgan fingerprint density at radius 2 is 1.87 bits per heavy atom. The first-order valence-corrected chi connectivity index (χ1v) is 8.15. The fraction of sp³-hybridized carbons (Fsp3) is 0.316. The topological polar surface area (TPSA) is 38.3 Å². The second-order valence-electron chi connectivity index (χ2n) is 5.56. The molecule has 1 N–H and O–H groups in total. The van der Waals surface area contributed by atoms with E-state index in [0.29, 0.717) is 30.2 Å². The number of halogens is 1. The van der Waals surface area contributed by atoms with Crippen molar-refractivity contribution in [3.63, 3.8) is 0 Å². The smallest absolute Gasteiger partial charge is 0.224 e. The van der Waals surface area contributed by atoms with E-state index < -0.39 is 0 Å². The fourth-order valence-electron chi connectivity index (χ4n) is 2.45. The summed E-state index contributed by atoms with van der Waals surface area (Å²) < 4.78 is 5.41. The van der Waals surface area contributed by atoms with E-state index in [1.54, 1.807) is 0 Å².